The zero-order chi connectivity index (χ0) is 22.3. The fourth-order valence-corrected chi connectivity index (χ4v) is 3.49. The van der Waals surface area contributed by atoms with Crippen molar-refractivity contribution < 1.29 is 14.3 Å². The number of ketones is 1. The van der Waals surface area contributed by atoms with Gasteiger partial charge in [0.15, 0.2) is 5.78 Å². The maximum atomic E-state index is 12.7. The van der Waals surface area contributed by atoms with Crippen LogP contribution < -0.4 is 9.47 Å². The SMILES string of the molecule is CCOc1ccc(-c2ccc(Oc3ccc(C(=O)c4ccc(CC)cc4)cc3)cc2)cc1. The maximum absolute atomic E-state index is 12.7. The van der Waals surface area contributed by atoms with E-state index in [1.165, 1.54) is 5.56 Å². The summed E-state index contributed by atoms with van der Waals surface area (Å²) >= 11 is 0. The third kappa shape index (κ3) is 5.06. The summed E-state index contributed by atoms with van der Waals surface area (Å²) in [5, 5.41) is 0. The van der Waals surface area contributed by atoms with Crippen LogP contribution in [0.3, 0.4) is 0 Å². The van der Waals surface area contributed by atoms with Gasteiger partial charge < -0.3 is 9.47 Å². The standard InChI is InChI=1S/C29H26O3/c1-3-21-5-7-24(8-6-21)29(30)25-13-19-28(20-14-25)32-27-17-11-23(12-18-27)22-9-15-26(16-10-22)31-4-2/h5-20H,3-4H2,1-2H3. The molecule has 3 heteroatoms. The van der Waals surface area contributed by atoms with Gasteiger partial charge in [0.25, 0.3) is 0 Å². The average Bonchev–Trinajstić information content (AvgIpc) is 2.85. The van der Waals surface area contributed by atoms with Gasteiger partial charge in [-0.25, -0.2) is 0 Å². The van der Waals surface area contributed by atoms with E-state index in [0.717, 1.165) is 29.0 Å². The number of benzene rings is 4. The van der Waals surface area contributed by atoms with Crippen LogP contribution in [0, 0.1) is 0 Å². The molecule has 4 aromatic rings. The van der Waals surface area contributed by atoms with Gasteiger partial charge in [-0.2, -0.15) is 0 Å². The van der Waals surface area contributed by atoms with Crippen molar-refractivity contribution >= 4 is 5.78 Å². The highest BCUT2D eigenvalue weighted by atomic mass is 16.5. The van der Waals surface area contributed by atoms with Crippen LogP contribution in [0.5, 0.6) is 17.2 Å². The van der Waals surface area contributed by atoms with Crippen molar-refractivity contribution in [3.63, 3.8) is 0 Å². The minimum atomic E-state index is 0.0129. The summed E-state index contributed by atoms with van der Waals surface area (Å²) in [6, 6.07) is 31.0. The molecule has 0 spiro atoms. The lowest BCUT2D eigenvalue weighted by atomic mass is 10.0. The highest BCUT2D eigenvalue weighted by Crippen LogP contribution is 2.27. The molecule has 4 aromatic carbocycles. The lowest BCUT2D eigenvalue weighted by Gasteiger charge is -2.09. The van der Waals surface area contributed by atoms with Crippen molar-refractivity contribution in [3.8, 4) is 28.4 Å². The number of hydrogen-bond acceptors (Lipinski definition) is 3. The Morgan fingerprint density at radius 2 is 1.03 bits per heavy atom. The van der Waals surface area contributed by atoms with Crippen LogP contribution in [0.1, 0.15) is 35.3 Å². The van der Waals surface area contributed by atoms with E-state index >= 15 is 0 Å². The molecule has 0 bridgehead atoms. The van der Waals surface area contributed by atoms with E-state index in [0.29, 0.717) is 23.5 Å². The smallest absolute Gasteiger partial charge is 0.193 e. The molecule has 0 unspecified atom stereocenters. The first-order valence-electron chi connectivity index (χ1n) is 10.9. The first kappa shape index (κ1) is 21.4. The number of ether oxygens (including phenoxy) is 2. The van der Waals surface area contributed by atoms with Gasteiger partial charge in [-0.15, -0.1) is 0 Å². The predicted octanol–water partition coefficient (Wildman–Crippen LogP) is 7.34. The Balaban J connectivity index is 1.41. The van der Waals surface area contributed by atoms with Crippen LogP contribution in [0.2, 0.25) is 0 Å². The molecule has 0 saturated heterocycles. The Labute approximate surface area is 189 Å². The summed E-state index contributed by atoms with van der Waals surface area (Å²) in [7, 11) is 0. The van der Waals surface area contributed by atoms with Crippen molar-refractivity contribution in [2.45, 2.75) is 20.3 Å². The minimum absolute atomic E-state index is 0.0129. The zero-order valence-corrected chi connectivity index (χ0v) is 18.4. The summed E-state index contributed by atoms with van der Waals surface area (Å²) in [6.07, 6.45) is 0.960. The van der Waals surface area contributed by atoms with Crippen LogP contribution in [-0.4, -0.2) is 12.4 Å². The Bertz CT molecular complexity index is 1160. The topological polar surface area (TPSA) is 35.5 Å². The van der Waals surface area contributed by atoms with E-state index in [2.05, 4.69) is 6.92 Å². The molecular weight excluding hydrogens is 396 g/mol. The highest BCUT2D eigenvalue weighted by molar-refractivity contribution is 6.09. The maximum Gasteiger partial charge on any atom is 0.193 e. The lowest BCUT2D eigenvalue weighted by molar-refractivity contribution is 0.103. The second-order valence-corrected chi connectivity index (χ2v) is 7.49. The summed E-state index contributed by atoms with van der Waals surface area (Å²) in [6.45, 7) is 4.74. The molecule has 0 radical (unpaired) electrons. The monoisotopic (exact) mass is 422 g/mol. The average molecular weight is 423 g/mol. The molecule has 0 saturated carbocycles. The van der Waals surface area contributed by atoms with Gasteiger partial charge in [-0.3, -0.25) is 4.79 Å². The van der Waals surface area contributed by atoms with Crippen LogP contribution in [0.25, 0.3) is 11.1 Å². The first-order chi connectivity index (χ1) is 15.7. The van der Waals surface area contributed by atoms with Gasteiger partial charge in [0, 0.05) is 11.1 Å². The molecule has 32 heavy (non-hydrogen) atoms. The molecule has 0 aliphatic carbocycles. The molecule has 0 atom stereocenters. The van der Waals surface area contributed by atoms with E-state index in [9.17, 15) is 4.79 Å². The summed E-state index contributed by atoms with van der Waals surface area (Å²) in [5.74, 6) is 2.32. The van der Waals surface area contributed by atoms with E-state index in [1.54, 1.807) is 12.1 Å². The molecule has 3 nitrogen and oxygen atoms in total. The van der Waals surface area contributed by atoms with E-state index < -0.39 is 0 Å². The Kier molecular flexibility index (Phi) is 6.66. The zero-order valence-electron chi connectivity index (χ0n) is 18.4. The van der Waals surface area contributed by atoms with Gasteiger partial charge in [-0.1, -0.05) is 55.5 Å². The van der Waals surface area contributed by atoms with Crippen LogP contribution in [0.15, 0.2) is 97.1 Å². The Hall–Kier alpha value is -3.85. The predicted molar refractivity (Wildman–Crippen MR) is 129 cm³/mol. The quantitative estimate of drug-likeness (QED) is 0.279. The second kappa shape index (κ2) is 9.97. The third-order valence-corrected chi connectivity index (χ3v) is 5.33. The van der Waals surface area contributed by atoms with Gasteiger partial charge >= 0.3 is 0 Å². The van der Waals surface area contributed by atoms with Gasteiger partial charge in [0.2, 0.25) is 0 Å². The van der Waals surface area contributed by atoms with Crippen molar-refractivity contribution in [1.82, 2.24) is 0 Å². The second-order valence-electron chi connectivity index (χ2n) is 7.49. The lowest BCUT2D eigenvalue weighted by Crippen LogP contribution is -2.01. The van der Waals surface area contributed by atoms with Crippen LogP contribution in [-0.2, 0) is 6.42 Å². The number of rotatable bonds is 8. The van der Waals surface area contributed by atoms with Gasteiger partial charge in [-0.05, 0) is 78.6 Å². The molecule has 0 fully saturated rings. The Morgan fingerprint density at radius 1 is 0.594 bits per heavy atom. The molecular formula is C29H26O3. The molecule has 0 heterocycles. The fourth-order valence-electron chi connectivity index (χ4n) is 3.49. The number of carbonyl (C=O) groups excluding carboxylic acids is 1. The summed E-state index contributed by atoms with van der Waals surface area (Å²) < 4.78 is 11.5. The number of hydrogen-bond donors (Lipinski definition) is 0. The molecule has 160 valence electrons. The number of aryl methyl sites for hydroxylation is 1. The van der Waals surface area contributed by atoms with Gasteiger partial charge in [0.05, 0.1) is 6.61 Å². The van der Waals surface area contributed by atoms with Crippen molar-refractivity contribution in [1.29, 1.82) is 0 Å². The molecule has 4 rings (SSSR count). The largest absolute Gasteiger partial charge is 0.494 e. The van der Waals surface area contributed by atoms with Crippen molar-refractivity contribution in [2.75, 3.05) is 6.61 Å². The molecule has 0 aromatic heterocycles. The van der Waals surface area contributed by atoms with Gasteiger partial charge in [0.1, 0.15) is 17.2 Å². The molecule has 0 aliphatic rings. The summed E-state index contributed by atoms with van der Waals surface area (Å²) in [5.41, 5.74) is 4.79. The van der Waals surface area contributed by atoms with Crippen molar-refractivity contribution in [3.05, 3.63) is 114 Å². The van der Waals surface area contributed by atoms with Crippen molar-refractivity contribution in [2.24, 2.45) is 0 Å². The minimum Gasteiger partial charge on any atom is -0.494 e. The molecule has 0 N–H and O–H groups in total. The highest BCUT2D eigenvalue weighted by Gasteiger charge is 2.09. The third-order valence-electron chi connectivity index (χ3n) is 5.33. The van der Waals surface area contributed by atoms with Crippen LogP contribution in [0.4, 0.5) is 0 Å². The normalized spacial score (nSPS) is 10.6. The first-order valence-corrected chi connectivity index (χ1v) is 10.9. The van der Waals surface area contributed by atoms with E-state index in [-0.39, 0.29) is 5.78 Å². The fraction of sp³-hybridized carbons (Fsp3) is 0.138. The Morgan fingerprint density at radius 3 is 1.50 bits per heavy atom. The van der Waals surface area contributed by atoms with E-state index in [4.69, 9.17) is 9.47 Å². The number of carbonyl (C=O) groups is 1. The van der Waals surface area contributed by atoms with E-state index in [1.807, 2.05) is 91.9 Å². The van der Waals surface area contributed by atoms with Crippen LogP contribution >= 0.6 is 0 Å². The molecule has 0 aliphatic heterocycles. The molecule has 0 amide bonds. The summed E-state index contributed by atoms with van der Waals surface area (Å²) in [4.78, 5) is 12.7.